The molecule has 0 bridgehead atoms. The van der Waals surface area contributed by atoms with E-state index in [0.29, 0.717) is 6.42 Å². The van der Waals surface area contributed by atoms with Crippen LogP contribution in [0, 0.1) is 25.7 Å². The molecule has 5 heteroatoms. The van der Waals surface area contributed by atoms with Crippen LogP contribution in [0.25, 0.3) is 0 Å². The molecule has 0 atom stereocenters. The highest BCUT2D eigenvalue weighted by molar-refractivity contribution is 7.98. The van der Waals surface area contributed by atoms with Crippen molar-refractivity contribution in [1.29, 1.82) is 0 Å². The van der Waals surface area contributed by atoms with Crippen molar-refractivity contribution in [3.05, 3.63) is 39.3 Å². The average Bonchev–Trinajstić information content (AvgIpc) is 2.84. The average molecular weight is 304 g/mol. The normalized spacial score (nSPS) is 10.2. The Morgan fingerprint density at radius 3 is 2.70 bits per heavy atom. The number of hydrogen-bond donors (Lipinski definition) is 1. The molecule has 2 aromatic heterocycles. The molecule has 1 N–H and O–H groups in total. The number of thiophene rings is 1. The molecule has 0 unspecified atom stereocenters. The fourth-order valence-electron chi connectivity index (χ4n) is 1.64. The first kappa shape index (κ1) is 15.0. The Balaban J connectivity index is 1.96. The summed E-state index contributed by atoms with van der Waals surface area (Å²) in [4.78, 5) is 10.1. The van der Waals surface area contributed by atoms with E-state index >= 15 is 0 Å². The third kappa shape index (κ3) is 4.64. The molecule has 0 aliphatic carbocycles. The van der Waals surface area contributed by atoms with Gasteiger partial charge < -0.3 is 5.11 Å². The van der Waals surface area contributed by atoms with E-state index in [1.807, 2.05) is 25.3 Å². The minimum atomic E-state index is 0.115. The monoisotopic (exact) mass is 304 g/mol. The van der Waals surface area contributed by atoms with Gasteiger partial charge in [0.25, 0.3) is 0 Å². The maximum atomic E-state index is 8.69. The SMILES string of the molecule is Cc1cc(C)nc(SCc2cc(C#CCCO)cs2)n1. The van der Waals surface area contributed by atoms with Gasteiger partial charge in [-0.15, -0.1) is 11.3 Å². The van der Waals surface area contributed by atoms with Crippen LogP contribution in [-0.4, -0.2) is 21.7 Å². The van der Waals surface area contributed by atoms with Crippen LogP contribution in [0.15, 0.2) is 22.7 Å². The largest absolute Gasteiger partial charge is 0.395 e. The topological polar surface area (TPSA) is 46.0 Å². The number of aromatic nitrogens is 2. The molecule has 20 heavy (non-hydrogen) atoms. The zero-order valence-electron chi connectivity index (χ0n) is 11.5. The van der Waals surface area contributed by atoms with Gasteiger partial charge in [0, 0.05) is 39.4 Å². The molecule has 0 fully saturated rings. The van der Waals surface area contributed by atoms with Gasteiger partial charge >= 0.3 is 0 Å². The van der Waals surface area contributed by atoms with E-state index in [9.17, 15) is 0 Å². The smallest absolute Gasteiger partial charge is 0.188 e. The van der Waals surface area contributed by atoms with E-state index in [2.05, 4.69) is 27.9 Å². The highest BCUT2D eigenvalue weighted by Crippen LogP contribution is 2.24. The Kier molecular flexibility index (Phi) is 5.60. The number of rotatable bonds is 4. The Labute approximate surface area is 127 Å². The van der Waals surface area contributed by atoms with Crippen molar-refractivity contribution < 1.29 is 5.11 Å². The molecule has 0 aromatic carbocycles. The number of nitrogens with zero attached hydrogens (tertiary/aromatic N) is 2. The second kappa shape index (κ2) is 7.44. The first-order valence-corrected chi connectivity index (χ1v) is 8.16. The maximum Gasteiger partial charge on any atom is 0.188 e. The Hall–Kier alpha value is -1.35. The lowest BCUT2D eigenvalue weighted by atomic mass is 10.3. The van der Waals surface area contributed by atoms with Crippen molar-refractivity contribution in [3.63, 3.8) is 0 Å². The minimum Gasteiger partial charge on any atom is -0.395 e. The molecule has 0 aliphatic heterocycles. The van der Waals surface area contributed by atoms with Gasteiger partial charge in [-0.2, -0.15) is 0 Å². The predicted octanol–water partition coefficient (Wildman–Crippen LogP) is 3.18. The summed E-state index contributed by atoms with van der Waals surface area (Å²) < 4.78 is 0. The van der Waals surface area contributed by atoms with Crippen LogP contribution in [0.2, 0.25) is 0 Å². The van der Waals surface area contributed by atoms with E-state index < -0.39 is 0 Å². The highest BCUT2D eigenvalue weighted by atomic mass is 32.2. The molecule has 0 radical (unpaired) electrons. The fourth-order valence-corrected chi connectivity index (χ4v) is 3.46. The van der Waals surface area contributed by atoms with Gasteiger partial charge in [-0.3, -0.25) is 0 Å². The summed E-state index contributed by atoms with van der Waals surface area (Å²) in [5.74, 6) is 6.83. The lowest BCUT2D eigenvalue weighted by Crippen LogP contribution is -1.92. The first-order chi connectivity index (χ1) is 9.67. The molecular weight excluding hydrogens is 288 g/mol. The van der Waals surface area contributed by atoms with Crippen molar-refractivity contribution in [2.75, 3.05) is 6.61 Å². The second-order valence-corrected chi connectivity index (χ2v) is 6.24. The molecule has 3 nitrogen and oxygen atoms in total. The van der Waals surface area contributed by atoms with Crippen LogP contribution >= 0.6 is 23.1 Å². The second-order valence-electron chi connectivity index (χ2n) is 4.30. The Bertz CT molecular complexity index is 621. The van der Waals surface area contributed by atoms with Crippen molar-refractivity contribution in [2.24, 2.45) is 0 Å². The summed E-state index contributed by atoms with van der Waals surface area (Å²) in [6, 6.07) is 4.06. The summed E-state index contributed by atoms with van der Waals surface area (Å²) in [5.41, 5.74) is 3.02. The predicted molar refractivity (Wildman–Crippen MR) is 84.0 cm³/mol. The van der Waals surface area contributed by atoms with Crippen LogP contribution in [0.5, 0.6) is 0 Å². The van der Waals surface area contributed by atoms with Crippen molar-refractivity contribution in [1.82, 2.24) is 9.97 Å². The Morgan fingerprint density at radius 2 is 2.00 bits per heavy atom. The molecular formula is C15H16N2OS2. The van der Waals surface area contributed by atoms with Crippen molar-refractivity contribution >= 4 is 23.1 Å². The third-order valence-corrected chi connectivity index (χ3v) is 4.44. The third-order valence-electron chi connectivity index (χ3n) is 2.43. The molecule has 104 valence electrons. The van der Waals surface area contributed by atoms with Crippen LogP contribution in [0.1, 0.15) is 28.2 Å². The van der Waals surface area contributed by atoms with E-state index in [1.54, 1.807) is 23.1 Å². The molecule has 2 heterocycles. The van der Waals surface area contributed by atoms with Gasteiger partial charge in [0.1, 0.15) is 0 Å². The van der Waals surface area contributed by atoms with Gasteiger partial charge in [-0.1, -0.05) is 23.6 Å². The Morgan fingerprint density at radius 1 is 1.25 bits per heavy atom. The van der Waals surface area contributed by atoms with Crippen LogP contribution in [-0.2, 0) is 5.75 Å². The van der Waals surface area contributed by atoms with Gasteiger partial charge in [-0.05, 0) is 26.0 Å². The number of hydrogen-bond acceptors (Lipinski definition) is 5. The molecule has 0 saturated heterocycles. The van der Waals surface area contributed by atoms with E-state index in [4.69, 9.17) is 5.11 Å². The molecule has 0 amide bonds. The summed E-state index contributed by atoms with van der Waals surface area (Å²) in [5, 5.41) is 11.6. The zero-order chi connectivity index (χ0) is 14.4. The summed E-state index contributed by atoms with van der Waals surface area (Å²) in [7, 11) is 0. The molecule has 0 saturated carbocycles. The summed E-state index contributed by atoms with van der Waals surface area (Å²) >= 11 is 3.34. The number of aliphatic hydroxyl groups is 1. The summed E-state index contributed by atoms with van der Waals surface area (Å²) in [6.45, 7) is 4.08. The minimum absolute atomic E-state index is 0.115. The number of aryl methyl sites for hydroxylation is 2. The highest BCUT2D eigenvalue weighted by Gasteiger charge is 2.03. The molecule has 0 aliphatic rings. The quantitative estimate of drug-likeness (QED) is 0.535. The van der Waals surface area contributed by atoms with Crippen LogP contribution in [0.3, 0.4) is 0 Å². The fraction of sp³-hybridized carbons (Fsp3) is 0.333. The number of thioether (sulfide) groups is 1. The molecule has 0 spiro atoms. The molecule has 2 aromatic rings. The van der Waals surface area contributed by atoms with Gasteiger partial charge in [0.2, 0.25) is 0 Å². The van der Waals surface area contributed by atoms with Crippen molar-refractivity contribution in [3.8, 4) is 11.8 Å². The van der Waals surface area contributed by atoms with E-state index in [-0.39, 0.29) is 6.61 Å². The lowest BCUT2D eigenvalue weighted by molar-refractivity contribution is 0.305. The molecule has 2 rings (SSSR count). The number of aliphatic hydroxyl groups excluding tert-OH is 1. The van der Waals surface area contributed by atoms with Gasteiger partial charge in [-0.25, -0.2) is 9.97 Å². The van der Waals surface area contributed by atoms with Crippen molar-refractivity contribution in [2.45, 2.75) is 31.2 Å². The van der Waals surface area contributed by atoms with Crippen LogP contribution < -0.4 is 0 Å². The first-order valence-electron chi connectivity index (χ1n) is 6.29. The van der Waals surface area contributed by atoms with Crippen LogP contribution in [0.4, 0.5) is 0 Å². The van der Waals surface area contributed by atoms with E-state index in [1.165, 1.54) is 4.88 Å². The van der Waals surface area contributed by atoms with Gasteiger partial charge in [0.15, 0.2) is 5.16 Å². The standard InChI is InChI=1S/C15H16N2OS2/c1-11-7-12(2)17-15(16-11)20-10-14-8-13(9-19-14)5-3-4-6-18/h7-9,18H,4,6,10H2,1-2H3. The van der Waals surface area contributed by atoms with Gasteiger partial charge in [0.05, 0.1) is 6.61 Å². The summed E-state index contributed by atoms with van der Waals surface area (Å²) in [6.07, 6.45) is 0.524. The maximum absolute atomic E-state index is 8.69. The zero-order valence-corrected chi connectivity index (χ0v) is 13.1. The lowest BCUT2D eigenvalue weighted by Gasteiger charge is -2.01. The van der Waals surface area contributed by atoms with E-state index in [0.717, 1.165) is 27.9 Å².